The topological polar surface area (TPSA) is 0 Å². The summed E-state index contributed by atoms with van der Waals surface area (Å²) in [7, 11) is 9.87. The van der Waals surface area contributed by atoms with Crippen LogP contribution >= 0.6 is 17.0 Å². The molecule has 0 saturated carbocycles. The molecule has 0 amide bonds. The molecule has 0 atom stereocenters. The van der Waals surface area contributed by atoms with Crippen LogP contribution in [-0.2, 0) is 33.7 Å². The predicted molar refractivity (Wildman–Crippen MR) is 253 cm³/mol. The van der Waals surface area contributed by atoms with Crippen LogP contribution in [0, 0.1) is 48.5 Å². The molecule has 0 fully saturated rings. The van der Waals surface area contributed by atoms with Crippen LogP contribution in [-0.4, -0.2) is 0 Å². The molecule has 8 aromatic rings. The molecule has 296 valence electrons. The van der Waals surface area contributed by atoms with Gasteiger partial charge in [-0.25, -0.2) is 0 Å². The van der Waals surface area contributed by atoms with Crippen molar-refractivity contribution in [2.75, 3.05) is 0 Å². The van der Waals surface area contributed by atoms with Gasteiger partial charge in [-0.05, 0) is 73.2 Å². The molecule has 0 aromatic heterocycles. The van der Waals surface area contributed by atoms with Crippen LogP contribution in [0.5, 0.6) is 0 Å². The van der Waals surface area contributed by atoms with Crippen LogP contribution in [0.4, 0.5) is 0 Å². The molecule has 0 saturated heterocycles. The molecule has 0 N–H and O–H groups in total. The van der Waals surface area contributed by atoms with Crippen LogP contribution in [0.1, 0.15) is 91.0 Å². The first kappa shape index (κ1) is 44.6. The molecule has 0 radical (unpaired) electrons. The number of unbranched alkanes of at least 4 members (excludes halogenated alkanes) is 2. The van der Waals surface area contributed by atoms with Gasteiger partial charge in [-0.2, -0.15) is 19.1 Å². The summed E-state index contributed by atoms with van der Waals surface area (Å²) in [5, 5.41) is 11.0. The summed E-state index contributed by atoms with van der Waals surface area (Å²) in [6.45, 7) is 23.2. The van der Waals surface area contributed by atoms with Gasteiger partial charge in [-0.1, -0.05) is 172 Å². The molecule has 0 aliphatic rings. The zero-order valence-corrected chi connectivity index (χ0v) is 39.6. The van der Waals surface area contributed by atoms with Gasteiger partial charge in [0.1, 0.15) is 0 Å². The zero-order chi connectivity index (χ0) is 41.2. The van der Waals surface area contributed by atoms with Crippen LogP contribution < -0.4 is 0 Å². The van der Waals surface area contributed by atoms with Crippen LogP contribution in [0.3, 0.4) is 0 Å². The summed E-state index contributed by atoms with van der Waals surface area (Å²) in [5.74, 6) is 0. The van der Waals surface area contributed by atoms with Gasteiger partial charge in [0.25, 0.3) is 0 Å². The number of rotatable bonds is 8. The Morgan fingerprint density at radius 3 is 1.19 bits per heavy atom. The van der Waals surface area contributed by atoms with Gasteiger partial charge < -0.3 is 6.92 Å². The molecule has 0 bridgehead atoms. The van der Waals surface area contributed by atoms with Crippen LogP contribution in [0.2, 0.25) is 0 Å². The number of benzene rings is 6. The quantitative estimate of drug-likeness (QED) is 0.134. The molecule has 8 aromatic carbocycles. The SMILES string of the molecule is CCCCc1cc2c(-c3cccc4ccccc34)c(C)c(C)c(C)c2[cH-]1.CCCCc1cc2c(-c3cccc4ccccc34)c(C)c(C)c(C)c2[cH-]1.[CH2-]C.[Cl][Zr][Cl]. The summed E-state index contributed by atoms with van der Waals surface area (Å²) >= 11 is -0.826. The maximum absolute atomic E-state index is 4.93. The van der Waals surface area contributed by atoms with Crippen molar-refractivity contribution in [3.8, 4) is 22.3 Å². The molecule has 0 nitrogen and oxygen atoms in total. The van der Waals surface area contributed by atoms with Crippen LogP contribution in [0.25, 0.3) is 65.3 Å². The first-order valence-corrected chi connectivity index (χ1v) is 27.0. The number of hydrogen-bond acceptors (Lipinski definition) is 0. The molecular weight excluding hydrogens is 811 g/mol. The second-order valence-electron chi connectivity index (χ2n) is 15.2. The van der Waals surface area contributed by atoms with Crippen molar-refractivity contribution in [3.63, 3.8) is 0 Å². The van der Waals surface area contributed by atoms with E-state index in [1.54, 1.807) is 6.92 Å². The van der Waals surface area contributed by atoms with E-state index in [1.165, 1.54) is 148 Å². The summed E-state index contributed by atoms with van der Waals surface area (Å²) in [6, 6.07) is 40.6. The zero-order valence-electron chi connectivity index (χ0n) is 35.6. The summed E-state index contributed by atoms with van der Waals surface area (Å²) < 4.78 is 0. The van der Waals surface area contributed by atoms with E-state index in [9.17, 15) is 0 Å². The number of hydrogen-bond donors (Lipinski definition) is 0. The van der Waals surface area contributed by atoms with Crippen molar-refractivity contribution in [2.45, 2.75) is 101 Å². The fourth-order valence-corrected chi connectivity index (χ4v) is 8.55. The first-order valence-electron chi connectivity index (χ1n) is 20.7. The minimum atomic E-state index is -0.826. The molecule has 57 heavy (non-hydrogen) atoms. The fourth-order valence-electron chi connectivity index (χ4n) is 8.55. The second-order valence-corrected chi connectivity index (χ2v) is 18.9. The Balaban J connectivity index is 0.000000196. The van der Waals surface area contributed by atoms with E-state index in [1.807, 2.05) is 0 Å². The van der Waals surface area contributed by atoms with E-state index in [4.69, 9.17) is 17.0 Å². The van der Waals surface area contributed by atoms with Gasteiger partial charge in [0.05, 0.1) is 0 Å². The van der Waals surface area contributed by atoms with E-state index in [0.717, 1.165) is 0 Å². The van der Waals surface area contributed by atoms with Crippen molar-refractivity contribution >= 4 is 60.1 Å². The second kappa shape index (κ2) is 21.0. The van der Waals surface area contributed by atoms with E-state index in [-0.39, 0.29) is 0 Å². The third kappa shape index (κ3) is 9.54. The molecule has 0 unspecified atom stereocenters. The summed E-state index contributed by atoms with van der Waals surface area (Å²) in [4.78, 5) is 0. The molecular formula is C54H59Cl2Zr-3. The van der Waals surface area contributed by atoms with Crippen LogP contribution in [0.15, 0.2) is 109 Å². The fraction of sp³-hybridized carbons (Fsp3) is 0.278. The Morgan fingerprint density at radius 2 is 0.825 bits per heavy atom. The van der Waals surface area contributed by atoms with E-state index in [2.05, 4.69) is 172 Å². The predicted octanol–water partition coefficient (Wildman–Crippen LogP) is 17.5. The summed E-state index contributed by atoms with van der Waals surface area (Å²) in [6.07, 6.45) is 7.37. The maximum atomic E-state index is 4.93. The Morgan fingerprint density at radius 1 is 0.474 bits per heavy atom. The normalized spacial score (nSPS) is 10.9. The Labute approximate surface area is 362 Å². The molecule has 0 aliphatic heterocycles. The molecule has 0 spiro atoms. The van der Waals surface area contributed by atoms with E-state index >= 15 is 0 Å². The van der Waals surface area contributed by atoms with E-state index in [0.29, 0.717) is 0 Å². The van der Waals surface area contributed by atoms with Gasteiger partial charge in [0.2, 0.25) is 0 Å². The standard InChI is InChI=1S/2C26H27.C2H5.2ClH.Zr/c2*1-5-6-10-20-15-24-18(3)17(2)19(4)26(25(24)16-20)23-14-9-12-21-11-7-8-13-22(21)23;1-2;;;/h2*7-9,11-16H,5-6,10H2,1-4H3;1H2,2H3;2*1H;/q3*-1;;;+2/p-2. The molecule has 0 aliphatic carbocycles. The van der Waals surface area contributed by atoms with Gasteiger partial charge >= 0.3 is 37.9 Å². The third-order valence-corrected chi connectivity index (χ3v) is 12.0. The molecule has 0 heterocycles. The van der Waals surface area contributed by atoms with Gasteiger partial charge in [-0.15, -0.1) is 55.9 Å². The van der Waals surface area contributed by atoms with Crippen molar-refractivity contribution in [1.82, 2.24) is 0 Å². The summed E-state index contributed by atoms with van der Waals surface area (Å²) in [5.41, 5.74) is 17.1. The Bertz CT molecular complexity index is 2390. The Hall–Kier alpha value is -3.48. The van der Waals surface area contributed by atoms with Gasteiger partial charge in [-0.3, -0.25) is 0 Å². The molecule has 3 heteroatoms. The first-order chi connectivity index (χ1) is 27.6. The molecule has 8 rings (SSSR count). The minimum absolute atomic E-state index is 0.826. The van der Waals surface area contributed by atoms with Crippen molar-refractivity contribution in [3.05, 3.63) is 161 Å². The number of halogens is 2. The van der Waals surface area contributed by atoms with Crippen molar-refractivity contribution in [2.24, 2.45) is 0 Å². The van der Waals surface area contributed by atoms with Crippen molar-refractivity contribution < 1.29 is 20.8 Å². The number of aryl methyl sites for hydroxylation is 4. The monoisotopic (exact) mass is 867 g/mol. The average Bonchev–Trinajstić information content (AvgIpc) is 3.87. The Kier molecular flexibility index (Phi) is 16.4. The average molecular weight is 870 g/mol. The third-order valence-electron chi connectivity index (χ3n) is 12.0. The van der Waals surface area contributed by atoms with Gasteiger partial charge in [0, 0.05) is 0 Å². The van der Waals surface area contributed by atoms with Crippen molar-refractivity contribution in [1.29, 1.82) is 0 Å². The number of fused-ring (bicyclic) bond motifs is 4. The van der Waals surface area contributed by atoms with Gasteiger partial charge in [0.15, 0.2) is 0 Å². The van der Waals surface area contributed by atoms with E-state index < -0.39 is 20.8 Å².